The molecule has 0 aliphatic heterocycles. The third-order valence-electron chi connectivity index (χ3n) is 2.39. The molecule has 1 rings (SSSR count). The van der Waals surface area contributed by atoms with Gasteiger partial charge in [-0.05, 0) is 25.5 Å². The second-order valence-corrected chi connectivity index (χ2v) is 3.88. The van der Waals surface area contributed by atoms with E-state index in [0.717, 1.165) is 5.56 Å². The van der Waals surface area contributed by atoms with Gasteiger partial charge in [0.2, 0.25) is 0 Å². The number of hydrogen-bond acceptors (Lipinski definition) is 6. The van der Waals surface area contributed by atoms with E-state index in [-0.39, 0.29) is 18.9 Å². The van der Waals surface area contributed by atoms with Crippen LogP contribution in [0, 0.1) is 17.0 Å². The Balaban J connectivity index is 2.69. The Hall–Kier alpha value is -2.15. The number of nitrogens with two attached hydrogens (primary N) is 1. The van der Waals surface area contributed by atoms with Crippen LogP contribution in [-0.2, 0) is 9.53 Å². The molecule has 7 nitrogen and oxygen atoms in total. The fourth-order valence-corrected chi connectivity index (χ4v) is 1.35. The molecule has 19 heavy (non-hydrogen) atoms. The molecule has 1 unspecified atom stereocenters. The molecule has 0 saturated heterocycles. The van der Waals surface area contributed by atoms with Crippen molar-refractivity contribution in [3.8, 4) is 5.75 Å². The number of ether oxygens (including phenoxy) is 2. The molecule has 7 heteroatoms. The molecule has 0 aliphatic carbocycles. The molecule has 2 N–H and O–H groups in total. The lowest BCUT2D eigenvalue weighted by Crippen LogP contribution is -2.37. The second-order valence-electron chi connectivity index (χ2n) is 3.88. The van der Waals surface area contributed by atoms with E-state index in [1.54, 1.807) is 19.9 Å². The molecule has 1 atom stereocenters. The van der Waals surface area contributed by atoms with Gasteiger partial charge in [0.05, 0.1) is 17.6 Å². The van der Waals surface area contributed by atoms with E-state index in [0.29, 0.717) is 5.75 Å². The molecule has 0 saturated carbocycles. The van der Waals surface area contributed by atoms with Crippen molar-refractivity contribution in [2.45, 2.75) is 19.9 Å². The van der Waals surface area contributed by atoms with Crippen LogP contribution in [-0.4, -0.2) is 30.1 Å². The number of nitro groups is 1. The van der Waals surface area contributed by atoms with Gasteiger partial charge in [0.1, 0.15) is 18.4 Å². The molecule has 0 bridgehead atoms. The first kappa shape index (κ1) is 14.9. The molecule has 0 amide bonds. The van der Waals surface area contributed by atoms with Gasteiger partial charge in [-0.3, -0.25) is 14.9 Å². The standard InChI is InChI=1S/C12H16N2O5/c1-3-18-12(15)10(13)7-19-11-6-9(14(16)17)5-4-8(11)2/h4-6,10H,3,7,13H2,1-2H3. The van der Waals surface area contributed by atoms with Gasteiger partial charge < -0.3 is 15.2 Å². The van der Waals surface area contributed by atoms with Gasteiger partial charge in [-0.2, -0.15) is 0 Å². The predicted octanol–water partition coefficient (Wildman–Crippen LogP) is 1.17. The SMILES string of the molecule is CCOC(=O)C(N)COc1cc([N+](=O)[O-])ccc1C. The van der Waals surface area contributed by atoms with E-state index < -0.39 is 16.9 Å². The highest BCUT2D eigenvalue weighted by Crippen LogP contribution is 2.24. The van der Waals surface area contributed by atoms with E-state index in [2.05, 4.69) is 0 Å². The minimum atomic E-state index is -0.918. The summed E-state index contributed by atoms with van der Waals surface area (Å²) in [6, 6.07) is 3.34. The second kappa shape index (κ2) is 6.69. The Labute approximate surface area is 110 Å². The maximum absolute atomic E-state index is 11.3. The molecule has 0 spiro atoms. The van der Waals surface area contributed by atoms with Crippen molar-refractivity contribution in [2.75, 3.05) is 13.2 Å². The zero-order chi connectivity index (χ0) is 14.4. The van der Waals surface area contributed by atoms with Crippen LogP contribution in [0.1, 0.15) is 12.5 Å². The summed E-state index contributed by atoms with van der Waals surface area (Å²) in [5, 5.41) is 10.6. The Morgan fingerprint density at radius 2 is 2.21 bits per heavy atom. The van der Waals surface area contributed by atoms with Crippen molar-refractivity contribution in [1.29, 1.82) is 0 Å². The predicted molar refractivity (Wildman–Crippen MR) is 67.9 cm³/mol. The minimum Gasteiger partial charge on any atom is -0.491 e. The maximum Gasteiger partial charge on any atom is 0.326 e. The van der Waals surface area contributed by atoms with Gasteiger partial charge in [0.15, 0.2) is 0 Å². The number of carbonyl (C=O) groups excluding carboxylic acids is 1. The highest BCUT2D eigenvalue weighted by Gasteiger charge is 2.17. The number of non-ortho nitro benzene ring substituents is 1. The van der Waals surface area contributed by atoms with E-state index in [4.69, 9.17) is 15.2 Å². The van der Waals surface area contributed by atoms with E-state index in [9.17, 15) is 14.9 Å². The summed E-state index contributed by atoms with van der Waals surface area (Å²) in [6.45, 7) is 3.56. The topological polar surface area (TPSA) is 105 Å². The fraction of sp³-hybridized carbons (Fsp3) is 0.417. The van der Waals surface area contributed by atoms with Crippen LogP contribution in [0.5, 0.6) is 5.75 Å². The van der Waals surface area contributed by atoms with E-state index in [1.165, 1.54) is 12.1 Å². The van der Waals surface area contributed by atoms with Crippen LogP contribution in [0.2, 0.25) is 0 Å². The summed E-state index contributed by atoms with van der Waals surface area (Å²) in [7, 11) is 0. The highest BCUT2D eigenvalue weighted by atomic mass is 16.6. The number of esters is 1. The van der Waals surface area contributed by atoms with Crippen molar-refractivity contribution >= 4 is 11.7 Å². The zero-order valence-electron chi connectivity index (χ0n) is 10.8. The van der Waals surface area contributed by atoms with Crippen LogP contribution >= 0.6 is 0 Å². The quantitative estimate of drug-likeness (QED) is 0.471. The zero-order valence-corrected chi connectivity index (χ0v) is 10.8. The average molecular weight is 268 g/mol. The van der Waals surface area contributed by atoms with E-state index in [1.807, 2.05) is 0 Å². The van der Waals surface area contributed by atoms with E-state index >= 15 is 0 Å². The molecule has 0 fully saturated rings. The highest BCUT2D eigenvalue weighted by molar-refractivity contribution is 5.75. The molecule has 0 aliphatic rings. The molecule has 104 valence electrons. The number of hydrogen-bond donors (Lipinski definition) is 1. The Kier molecular flexibility index (Phi) is 5.25. The third-order valence-corrected chi connectivity index (χ3v) is 2.39. The summed E-state index contributed by atoms with van der Waals surface area (Å²) in [4.78, 5) is 21.4. The van der Waals surface area contributed by atoms with Crippen molar-refractivity contribution in [2.24, 2.45) is 5.73 Å². The minimum absolute atomic E-state index is 0.0784. The third kappa shape index (κ3) is 4.22. The molecule has 1 aromatic carbocycles. The van der Waals surface area contributed by atoms with Crippen LogP contribution in [0.25, 0.3) is 0 Å². The first-order chi connectivity index (χ1) is 8.95. The van der Waals surface area contributed by atoms with Crippen LogP contribution in [0.4, 0.5) is 5.69 Å². The fourth-order valence-electron chi connectivity index (χ4n) is 1.35. The molecule has 0 aromatic heterocycles. The van der Waals surface area contributed by atoms with Crippen LogP contribution in [0.15, 0.2) is 18.2 Å². The monoisotopic (exact) mass is 268 g/mol. The van der Waals surface area contributed by atoms with Crippen LogP contribution in [0.3, 0.4) is 0 Å². The number of benzene rings is 1. The van der Waals surface area contributed by atoms with Crippen molar-refractivity contribution in [1.82, 2.24) is 0 Å². The first-order valence-corrected chi connectivity index (χ1v) is 5.75. The maximum atomic E-state index is 11.3. The van der Waals surface area contributed by atoms with Gasteiger partial charge in [-0.1, -0.05) is 0 Å². The molecule has 0 heterocycles. The number of rotatable bonds is 6. The Bertz CT molecular complexity index is 475. The smallest absolute Gasteiger partial charge is 0.326 e. The van der Waals surface area contributed by atoms with Gasteiger partial charge in [-0.25, -0.2) is 0 Å². The first-order valence-electron chi connectivity index (χ1n) is 5.75. The molecule has 1 aromatic rings. The van der Waals surface area contributed by atoms with Crippen LogP contribution < -0.4 is 10.5 Å². The number of nitrogens with zero attached hydrogens (tertiary/aromatic N) is 1. The Morgan fingerprint density at radius 3 is 2.79 bits per heavy atom. The molecular weight excluding hydrogens is 252 g/mol. The Morgan fingerprint density at radius 1 is 1.53 bits per heavy atom. The lowest BCUT2D eigenvalue weighted by molar-refractivity contribution is -0.384. The van der Waals surface area contributed by atoms with Crippen molar-refractivity contribution in [3.05, 3.63) is 33.9 Å². The average Bonchev–Trinajstić information content (AvgIpc) is 2.37. The summed E-state index contributed by atoms with van der Waals surface area (Å²) in [6.07, 6.45) is 0. The largest absolute Gasteiger partial charge is 0.491 e. The number of nitro benzene ring substituents is 1. The number of carbonyl (C=O) groups is 1. The van der Waals surface area contributed by atoms with Gasteiger partial charge in [0.25, 0.3) is 5.69 Å². The normalized spacial score (nSPS) is 11.7. The molecule has 0 radical (unpaired) electrons. The number of aryl methyl sites for hydroxylation is 1. The summed E-state index contributed by atoms with van der Waals surface area (Å²) in [5.74, 6) is -0.237. The van der Waals surface area contributed by atoms with Crippen molar-refractivity contribution < 1.29 is 19.2 Å². The lowest BCUT2D eigenvalue weighted by atomic mass is 10.2. The van der Waals surface area contributed by atoms with Crippen molar-refractivity contribution in [3.63, 3.8) is 0 Å². The lowest BCUT2D eigenvalue weighted by Gasteiger charge is -2.13. The summed E-state index contributed by atoms with van der Waals surface area (Å²) >= 11 is 0. The van der Waals surface area contributed by atoms with Gasteiger partial charge in [-0.15, -0.1) is 0 Å². The molecular formula is C12H16N2O5. The van der Waals surface area contributed by atoms with Gasteiger partial charge in [0, 0.05) is 6.07 Å². The van der Waals surface area contributed by atoms with Gasteiger partial charge >= 0.3 is 5.97 Å². The summed E-state index contributed by atoms with van der Waals surface area (Å²) in [5.41, 5.74) is 6.21. The summed E-state index contributed by atoms with van der Waals surface area (Å²) < 4.78 is 10.1.